The van der Waals surface area contributed by atoms with Crippen LogP contribution < -0.4 is 5.73 Å². The molecule has 0 aliphatic heterocycles. The molecule has 0 saturated heterocycles. The predicted octanol–water partition coefficient (Wildman–Crippen LogP) is 3.57. The summed E-state index contributed by atoms with van der Waals surface area (Å²) in [5.74, 6) is -4.75. The van der Waals surface area contributed by atoms with Crippen LogP contribution in [0.25, 0.3) is 0 Å². The van der Waals surface area contributed by atoms with E-state index in [1.54, 1.807) is 20.8 Å². The van der Waals surface area contributed by atoms with Crippen LogP contribution in [0, 0.1) is 5.82 Å². The highest BCUT2D eigenvalue weighted by atomic mass is 19.3. The van der Waals surface area contributed by atoms with Crippen molar-refractivity contribution in [2.45, 2.75) is 51.6 Å². The number of anilines is 1. The first-order valence-corrected chi connectivity index (χ1v) is 5.98. The Morgan fingerprint density at radius 1 is 1.00 bits per heavy atom. The number of nitrogens with two attached hydrogens (primary N) is 1. The zero-order valence-corrected chi connectivity index (χ0v) is 11.8. The van der Waals surface area contributed by atoms with E-state index in [1.807, 2.05) is 0 Å². The fraction of sp³-hybridized carbons (Fsp3) is 0.571. The van der Waals surface area contributed by atoms with E-state index in [1.165, 1.54) is 6.07 Å². The molecular weight excluding hydrogens is 255 g/mol. The Bertz CT molecular complexity index is 485. The van der Waals surface area contributed by atoms with Gasteiger partial charge in [0.05, 0.1) is 5.56 Å². The SMILES string of the molecule is CC(C)(C)c1cc(N)cc(C(F)(F)C(C)(C)O)c1F. The van der Waals surface area contributed by atoms with E-state index in [-0.39, 0.29) is 11.3 Å². The quantitative estimate of drug-likeness (QED) is 0.810. The molecule has 0 saturated carbocycles. The number of nitrogen functional groups attached to an aromatic ring is 1. The van der Waals surface area contributed by atoms with Gasteiger partial charge in [-0.05, 0) is 37.0 Å². The van der Waals surface area contributed by atoms with Crippen molar-refractivity contribution in [2.75, 3.05) is 5.73 Å². The van der Waals surface area contributed by atoms with Gasteiger partial charge in [0.1, 0.15) is 11.4 Å². The molecule has 0 fully saturated rings. The zero-order valence-electron chi connectivity index (χ0n) is 11.8. The Labute approximate surface area is 111 Å². The van der Waals surface area contributed by atoms with Crippen LogP contribution in [0.2, 0.25) is 0 Å². The maximum absolute atomic E-state index is 14.3. The minimum absolute atomic E-state index is 0.0465. The molecule has 1 aromatic carbocycles. The van der Waals surface area contributed by atoms with Crippen LogP contribution in [0.15, 0.2) is 12.1 Å². The van der Waals surface area contributed by atoms with Crippen LogP contribution in [0.5, 0.6) is 0 Å². The molecule has 0 radical (unpaired) electrons. The number of hydrogen-bond donors (Lipinski definition) is 2. The number of alkyl halides is 2. The second-order valence-corrected chi connectivity index (χ2v) is 6.31. The van der Waals surface area contributed by atoms with E-state index in [4.69, 9.17) is 5.73 Å². The third-order valence-electron chi connectivity index (χ3n) is 3.01. The molecule has 2 nitrogen and oxygen atoms in total. The van der Waals surface area contributed by atoms with Crippen molar-refractivity contribution >= 4 is 5.69 Å². The van der Waals surface area contributed by atoms with Crippen molar-refractivity contribution in [2.24, 2.45) is 0 Å². The fourth-order valence-electron chi connectivity index (χ4n) is 1.75. The molecule has 0 heterocycles. The van der Waals surface area contributed by atoms with Gasteiger partial charge in [0.15, 0.2) is 0 Å². The molecule has 0 aromatic heterocycles. The topological polar surface area (TPSA) is 46.2 Å². The number of rotatable bonds is 2. The lowest BCUT2D eigenvalue weighted by atomic mass is 9.82. The maximum atomic E-state index is 14.3. The van der Waals surface area contributed by atoms with Crippen LogP contribution in [0.3, 0.4) is 0 Å². The van der Waals surface area contributed by atoms with Gasteiger partial charge in [0, 0.05) is 5.69 Å². The standard InChI is InChI=1S/C14H20F3NO/c1-12(2,3)9-6-8(18)7-10(11(9)15)14(16,17)13(4,5)19/h6-7,19H,18H2,1-5H3. The molecule has 1 aromatic rings. The summed E-state index contributed by atoms with van der Waals surface area (Å²) in [4.78, 5) is 0. The van der Waals surface area contributed by atoms with Crippen molar-refractivity contribution in [3.8, 4) is 0 Å². The van der Waals surface area contributed by atoms with Crippen LogP contribution in [0.4, 0.5) is 18.9 Å². The first-order chi connectivity index (χ1) is 8.28. The molecule has 19 heavy (non-hydrogen) atoms. The van der Waals surface area contributed by atoms with E-state index < -0.39 is 28.3 Å². The fourth-order valence-corrected chi connectivity index (χ4v) is 1.75. The third kappa shape index (κ3) is 2.86. The molecule has 5 heteroatoms. The Balaban J connectivity index is 3.60. The number of benzene rings is 1. The van der Waals surface area contributed by atoms with E-state index >= 15 is 0 Å². The van der Waals surface area contributed by atoms with Gasteiger partial charge in [-0.1, -0.05) is 20.8 Å². The Hall–Kier alpha value is -1.23. The van der Waals surface area contributed by atoms with E-state index in [9.17, 15) is 18.3 Å². The molecule has 0 aliphatic carbocycles. The minimum Gasteiger partial charge on any atom is -0.399 e. The second-order valence-electron chi connectivity index (χ2n) is 6.31. The lowest BCUT2D eigenvalue weighted by Crippen LogP contribution is -2.41. The summed E-state index contributed by atoms with van der Waals surface area (Å²) >= 11 is 0. The van der Waals surface area contributed by atoms with E-state index in [0.29, 0.717) is 0 Å². The average Bonchev–Trinajstić information content (AvgIpc) is 2.17. The van der Waals surface area contributed by atoms with Crippen molar-refractivity contribution < 1.29 is 18.3 Å². The summed E-state index contributed by atoms with van der Waals surface area (Å²) in [5, 5.41) is 9.55. The lowest BCUT2D eigenvalue weighted by Gasteiger charge is -2.31. The van der Waals surface area contributed by atoms with E-state index in [2.05, 4.69) is 0 Å². The summed E-state index contributed by atoms with van der Waals surface area (Å²) < 4.78 is 42.6. The van der Waals surface area contributed by atoms with Crippen molar-refractivity contribution in [1.29, 1.82) is 0 Å². The Kier molecular flexibility index (Phi) is 3.67. The smallest absolute Gasteiger partial charge is 0.303 e. The van der Waals surface area contributed by atoms with Gasteiger partial charge >= 0.3 is 5.92 Å². The molecule has 0 unspecified atom stereocenters. The molecule has 0 bridgehead atoms. The summed E-state index contributed by atoms with van der Waals surface area (Å²) in [6.07, 6.45) is 0. The molecule has 0 aliphatic rings. The van der Waals surface area contributed by atoms with Crippen LogP contribution in [-0.4, -0.2) is 10.7 Å². The molecule has 3 N–H and O–H groups in total. The van der Waals surface area contributed by atoms with Gasteiger partial charge in [-0.2, -0.15) is 8.78 Å². The highest BCUT2D eigenvalue weighted by Gasteiger charge is 2.49. The Morgan fingerprint density at radius 2 is 1.42 bits per heavy atom. The summed E-state index contributed by atoms with van der Waals surface area (Å²) in [6.45, 7) is 6.99. The van der Waals surface area contributed by atoms with Crippen LogP contribution >= 0.6 is 0 Å². The van der Waals surface area contributed by atoms with Gasteiger partial charge in [-0.15, -0.1) is 0 Å². The van der Waals surface area contributed by atoms with Gasteiger partial charge < -0.3 is 10.8 Å². The zero-order chi connectivity index (χ0) is 15.2. The van der Waals surface area contributed by atoms with Gasteiger partial charge in [0.2, 0.25) is 0 Å². The molecule has 0 amide bonds. The monoisotopic (exact) mass is 275 g/mol. The maximum Gasteiger partial charge on any atom is 0.303 e. The number of aliphatic hydroxyl groups is 1. The first kappa shape index (κ1) is 15.8. The Morgan fingerprint density at radius 3 is 1.79 bits per heavy atom. The lowest BCUT2D eigenvalue weighted by molar-refractivity contribution is -0.170. The third-order valence-corrected chi connectivity index (χ3v) is 3.01. The molecule has 0 atom stereocenters. The minimum atomic E-state index is -3.73. The summed E-state index contributed by atoms with van der Waals surface area (Å²) in [6, 6.07) is 2.22. The van der Waals surface area contributed by atoms with Crippen molar-refractivity contribution in [1.82, 2.24) is 0 Å². The predicted molar refractivity (Wildman–Crippen MR) is 69.7 cm³/mol. The van der Waals surface area contributed by atoms with Crippen molar-refractivity contribution in [3.05, 3.63) is 29.1 Å². The van der Waals surface area contributed by atoms with Gasteiger partial charge in [-0.3, -0.25) is 0 Å². The molecule has 108 valence electrons. The van der Waals surface area contributed by atoms with Gasteiger partial charge in [0.25, 0.3) is 0 Å². The molecule has 0 spiro atoms. The van der Waals surface area contributed by atoms with Crippen LogP contribution in [0.1, 0.15) is 45.7 Å². The number of hydrogen-bond acceptors (Lipinski definition) is 2. The molecule has 1 rings (SSSR count). The summed E-state index contributed by atoms with van der Waals surface area (Å²) in [7, 11) is 0. The largest absolute Gasteiger partial charge is 0.399 e. The number of halogens is 3. The van der Waals surface area contributed by atoms with Crippen molar-refractivity contribution in [3.63, 3.8) is 0 Å². The highest BCUT2D eigenvalue weighted by molar-refractivity contribution is 5.49. The normalized spacial score (nSPS) is 13.7. The highest BCUT2D eigenvalue weighted by Crippen LogP contribution is 2.42. The second kappa shape index (κ2) is 4.40. The average molecular weight is 275 g/mol. The summed E-state index contributed by atoms with van der Waals surface area (Å²) in [5.41, 5.74) is 1.82. The first-order valence-electron chi connectivity index (χ1n) is 5.98. The van der Waals surface area contributed by atoms with E-state index in [0.717, 1.165) is 19.9 Å². The molecular formula is C14H20F3NO. The van der Waals surface area contributed by atoms with Crippen LogP contribution in [-0.2, 0) is 11.3 Å². The van der Waals surface area contributed by atoms with Gasteiger partial charge in [-0.25, -0.2) is 4.39 Å².